The molecule has 0 radical (unpaired) electrons. The average molecular weight is 290 g/mol. The fraction of sp³-hybridized carbons (Fsp3) is 0.438. The van der Waals surface area contributed by atoms with E-state index in [1.807, 2.05) is 24.7 Å². The predicted molar refractivity (Wildman–Crippen MR) is 81.7 cm³/mol. The molecular weight excluding hydrogens is 270 g/mol. The Balaban J connectivity index is 1.50. The van der Waals surface area contributed by atoms with Crippen molar-refractivity contribution in [1.82, 2.24) is 14.5 Å². The summed E-state index contributed by atoms with van der Waals surface area (Å²) in [6, 6.07) is 8.15. The highest BCUT2D eigenvalue weighted by molar-refractivity contribution is 6.31. The molecule has 1 fully saturated rings. The molecule has 0 aliphatic carbocycles. The third-order valence-electron chi connectivity index (χ3n) is 4.09. The van der Waals surface area contributed by atoms with Gasteiger partial charge in [-0.15, -0.1) is 0 Å². The average Bonchev–Trinajstić information content (AvgIpc) is 2.96. The number of benzene rings is 1. The van der Waals surface area contributed by atoms with Gasteiger partial charge in [-0.2, -0.15) is 0 Å². The van der Waals surface area contributed by atoms with Crippen LogP contribution in [0.3, 0.4) is 0 Å². The standard InChI is InChI=1S/C16H20ClN3/c17-16-4-2-1-3-15(16)12-19-8-5-14(6-9-19)11-20-10-7-18-13-20/h1-4,7,10,13-14H,5-6,8-9,11-12H2. The minimum Gasteiger partial charge on any atom is -0.337 e. The second kappa shape index (κ2) is 6.42. The minimum atomic E-state index is 0.770. The quantitative estimate of drug-likeness (QED) is 0.860. The Morgan fingerprint density at radius 2 is 2.00 bits per heavy atom. The van der Waals surface area contributed by atoms with E-state index in [9.17, 15) is 0 Å². The maximum atomic E-state index is 6.23. The monoisotopic (exact) mass is 289 g/mol. The molecule has 2 aromatic rings. The van der Waals surface area contributed by atoms with Crippen molar-refractivity contribution in [2.45, 2.75) is 25.9 Å². The lowest BCUT2D eigenvalue weighted by molar-refractivity contribution is 0.167. The normalized spacial score (nSPS) is 17.4. The van der Waals surface area contributed by atoms with Gasteiger partial charge in [-0.25, -0.2) is 4.98 Å². The van der Waals surface area contributed by atoms with Gasteiger partial charge in [-0.3, -0.25) is 4.90 Å². The van der Waals surface area contributed by atoms with Crippen LogP contribution < -0.4 is 0 Å². The Morgan fingerprint density at radius 3 is 2.70 bits per heavy atom. The number of nitrogens with zero attached hydrogens (tertiary/aromatic N) is 3. The Hall–Kier alpha value is -1.32. The van der Waals surface area contributed by atoms with Crippen molar-refractivity contribution in [3.05, 3.63) is 53.6 Å². The highest BCUT2D eigenvalue weighted by atomic mass is 35.5. The van der Waals surface area contributed by atoms with Crippen LogP contribution in [0.15, 0.2) is 43.0 Å². The Bertz CT molecular complexity index is 530. The van der Waals surface area contributed by atoms with Crippen LogP contribution in [0.4, 0.5) is 0 Å². The molecule has 0 atom stereocenters. The summed E-state index contributed by atoms with van der Waals surface area (Å²) in [5, 5.41) is 0.882. The molecule has 20 heavy (non-hydrogen) atoms. The zero-order chi connectivity index (χ0) is 13.8. The molecule has 1 aliphatic heterocycles. The third-order valence-corrected chi connectivity index (χ3v) is 4.46. The number of piperidine rings is 1. The number of hydrogen-bond acceptors (Lipinski definition) is 2. The van der Waals surface area contributed by atoms with Crippen LogP contribution in [0, 0.1) is 5.92 Å². The van der Waals surface area contributed by atoms with Gasteiger partial charge in [0.1, 0.15) is 0 Å². The first-order chi connectivity index (χ1) is 9.81. The topological polar surface area (TPSA) is 21.1 Å². The molecular formula is C16H20ClN3. The van der Waals surface area contributed by atoms with Crippen LogP contribution in [0.25, 0.3) is 0 Å². The second-order valence-corrected chi connectivity index (χ2v) is 5.98. The van der Waals surface area contributed by atoms with Gasteiger partial charge in [0.25, 0.3) is 0 Å². The van der Waals surface area contributed by atoms with E-state index in [1.165, 1.54) is 18.4 Å². The lowest BCUT2D eigenvalue weighted by atomic mass is 9.96. The predicted octanol–water partition coefficient (Wildman–Crippen LogP) is 3.45. The van der Waals surface area contributed by atoms with E-state index in [1.54, 1.807) is 0 Å². The Morgan fingerprint density at radius 1 is 1.20 bits per heavy atom. The van der Waals surface area contributed by atoms with Crippen molar-refractivity contribution >= 4 is 11.6 Å². The fourth-order valence-electron chi connectivity index (χ4n) is 2.89. The first kappa shape index (κ1) is 13.7. The van der Waals surface area contributed by atoms with E-state index in [4.69, 9.17) is 11.6 Å². The molecule has 106 valence electrons. The molecule has 1 aliphatic rings. The van der Waals surface area contributed by atoms with Gasteiger partial charge in [0.15, 0.2) is 0 Å². The lowest BCUT2D eigenvalue weighted by Crippen LogP contribution is -2.34. The first-order valence-electron chi connectivity index (χ1n) is 7.23. The van der Waals surface area contributed by atoms with Crippen LogP contribution >= 0.6 is 11.6 Å². The van der Waals surface area contributed by atoms with Crippen molar-refractivity contribution in [2.75, 3.05) is 13.1 Å². The Kier molecular flexibility index (Phi) is 4.38. The molecule has 0 saturated carbocycles. The van der Waals surface area contributed by atoms with Gasteiger partial charge in [0, 0.05) is 30.5 Å². The smallest absolute Gasteiger partial charge is 0.0945 e. The molecule has 1 aromatic carbocycles. The zero-order valence-corrected chi connectivity index (χ0v) is 12.3. The zero-order valence-electron chi connectivity index (χ0n) is 11.6. The van der Waals surface area contributed by atoms with Crippen molar-refractivity contribution in [3.63, 3.8) is 0 Å². The van der Waals surface area contributed by atoms with E-state index in [2.05, 4.69) is 32.8 Å². The number of hydrogen-bond donors (Lipinski definition) is 0. The lowest BCUT2D eigenvalue weighted by Gasteiger charge is -2.32. The molecule has 0 spiro atoms. The summed E-state index contributed by atoms with van der Waals surface area (Å²) in [7, 11) is 0. The maximum absolute atomic E-state index is 6.23. The summed E-state index contributed by atoms with van der Waals surface area (Å²) < 4.78 is 2.19. The van der Waals surface area contributed by atoms with E-state index in [0.717, 1.165) is 37.1 Å². The van der Waals surface area contributed by atoms with E-state index < -0.39 is 0 Å². The summed E-state index contributed by atoms with van der Waals surface area (Å²) in [6.45, 7) is 4.38. The number of rotatable bonds is 4. The van der Waals surface area contributed by atoms with Gasteiger partial charge in [-0.1, -0.05) is 29.8 Å². The van der Waals surface area contributed by atoms with Gasteiger partial charge in [0.2, 0.25) is 0 Å². The molecule has 1 saturated heterocycles. The number of likely N-dealkylation sites (tertiary alicyclic amines) is 1. The van der Waals surface area contributed by atoms with Crippen LogP contribution in [-0.2, 0) is 13.1 Å². The molecule has 0 N–H and O–H groups in total. The van der Waals surface area contributed by atoms with Gasteiger partial charge >= 0.3 is 0 Å². The van der Waals surface area contributed by atoms with Crippen LogP contribution in [0.5, 0.6) is 0 Å². The number of aromatic nitrogens is 2. The summed E-state index contributed by atoms with van der Waals surface area (Å²) in [4.78, 5) is 6.61. The molecule has 0 unspecified atom stereocenters. The van der Waals surface area contributed by atoms with Gasteiger partial charge < -0.3 is 4.57 Å². The van der Waals surface area contributed by atoms with Crippen LogP contribution in [0.1, 0.15) is 18.4 Å². The van der Waals surface area contributed by atoms with Gasteiger partial charge in [-0.05, 0) is 43.5 Å². The van der Waals surface area contributed by atoms with Crippen molar-refractivity contribution in [3.8, 4) is 0 Å². The Labute approximate surface area is 125 Å². The third kappa shape index (κ3) is 3.41. The largest absolute Gasteiger partial charge is 0.337 e. The summed E-state index contributed by atoms with van der Waals surface area (Å²) in [5.41, 5.74) is 1.24. The highest BCUT2D eigenvalue weighted by Crippen LogP contribution is 2.23. The second-order valence-electron chi connectivity index (χ2n) is 5.57. The SMILES string of the molecule is Clc1ccccc1CN1CCC(Cn2ccnc2)CC1. The summed E-state index contributed by atoms with van der Waals surface area (Å²) in [6.07, 6.45) is 8.32. The van der Waals surface area contributed by atoms with E-state index in [0.29, 0.717) is 0 Å². The molecule has 3 rings (SSSR count). The van der Waals surface area contributed by atoms with Crippen LogP contribution in [-0.4, -0.2) is 27.5 Å². The number of imidazole rings is 1. The van der Waals surface area contributed by atoms with Crippen molar-refractivity contribution in [1.29, 1.82) is 0 Å². The highest BCUT2D eigenvalue weighted by Gasteiger charge is 2.19. The van der Waals surface area contributed by atoms with Crippen LogP contribution in [0.2, 0.25) is 5.02 Å². The fourth-order valence-corrected chi connectivity index (χ4v) is 3.08. The molecule has 0 amide bonds. The van der Waals surface area contributed by atoms with Crippen molar-refractivity contribution in [2.24, 2.45) is 5.92 Å². The summed E-state index contributed by atoms with van der Waals surface area (Å²) in [5.74, 6) is 0.770. The molecule has 1 aromatic heterocycles. The minimum absolute atomic E-state index is 0.770. The maximum Gasteiger partial charge on any atom is 0.0945 e. The molecule has 4 heteroatoms. The van der Waals surface area contributed by atoms with Crippen molar-refractivity contribution < 1.29 is 0 Å². The first-order valence-corrected chi connectivity index (χ1v) is 7.60. The summed E-state index contributed by atoms with van der Waals surface area (Å²) >= 11 is 6.23. The number of halogens is 1. The van der Waals surface area contributed by atoms with Gasteiger partial charge in [0.05, 0.1) is 6.33 Å². The van der Waals surface area contributed by atoms with E-state index in [-0.39, 0.29) is 0 Å². The molecule has 0 bridgehead atoms. The molecule has 3 nitrogen and oxygen atoms in total. The molecule has 2 heterocycles. The van der Waals surface area contributed by atoms with E-state index >= 15 is 0 Å².